The molecule has 114 valence electrons. The van der Waals surface area contributed by atoms with Gasteiger partial charge < -0.3 is 20.6 Å². The van der Waals surface area contributed by atoms with Gasteiger partial charge in [-0.25, -0.2) is 13.1 Å². The summed E-state index contributed by atoms with van der Waals surface area (Å²) in [6.45, 7) is 0.600. The highest BCUT2D eigenvalue weighted by Gasteiger charge is 2.27. The van der Waals surface area contributed by atoms with Crippen molar-refractivity contribution in [3.05, 3.63) is 24.3 Å². The van der Waals surface area contributed by atoms with Crippen LogP contribution in [0.5, 0.6) is 0 Å². The van der Waals surface area contributed by atoms with Gasteiger partial charge in [0, 0.05) is 12.2 Å². The van der Waals surface area contributed by atoms with Crippen LogP contribution in [0.25, 0.3) is 0 Å². The summed E-state index contributed by atoms with van der Waals surface area (Å²) >= 11 is 0. The average Bonchev–Trinajstić information content (AvgIpc) is 2.45. The molecule has 0 aliphatic rings. The molecule has 20 heavy (non-hydrogen) atoms. The molecule has 0 bridgehead atoms. The SMILES string of the molecule is CCNS(=O)(=O)c1ccc(NC(CO)(CO)CO)cc1. The summed E-state index contributed by atoms with van der Waals surface area (Å²) in [5.74, 6) is 0. The summed E-state index contributed by atoms with van der Waals surface area (Å²) in [5, 5.41) is 30.4. The molecule has 8 heteroatoms. The quantitative estimate of drug-likeness (QED) is 0.425. The van der Waals surface area contributed by atoms with Crippen molar-refractivity contribution in [2.24, 2.45) is 0 Å². The third kappa shape index (κ3) is 3.90. The Bertz CT molecular complexity index is 503. The predicted octanol–water partition coefficient (Wildman–Crippen LogP) is -0.888. The number of sulfonamides is 1. The monoisotopic (exact) mass is 304 g/mol. The van der Waals surface area contributed by atoms with Crippen LogP contribution < -0.4 is 10.0 Å². The van der Waals surface area contributed by atoms with Crippen LogP contribution in [0.15, 0.2) is 29.2 Å². The molecule has 1 aromatic carbocycles. The van der Waals surface area contributed by atoms with Crippen molar-refractivity contribution >= 4 is 15.7 Å². The van der Waals surface area contributed by atoms with E-state index in [1.807, 2.05) is 0 Å². The summed E-state index contributed by atoms with van der Waals surface area (Å²) in [6, 6.07) is 5.80. The Hall–Kier alpha value is -1.19. The molecule has 7 nitrogen and oxygen atoms in total. The molecule has 0 heterocycles. The van der Waals surface area contributed by atoms with E-state index in [1.54, 1.807) is 6.92 Å². The minimum Gasteiger partial charge on any atom is -0.394 e. The van der Waals surface area contributed by atoms with E-state index < -0.39 is 35.4 Å². The van der Waals surface area contributed by atoms with Gasteiger partial charge in [0.25, 0.3) is 0 Å². The van der Waals surface area contributed by atoms with Gasteiger partial charge in [-0.05, 0) is 24.3 Å². The smallest absolute Gasteiger partial charge is 0.240 e. The number of benzene rings is 1. The lowest BCUT2D eigenvalue weighted by Gasteiger charge is -2.29. The van der Waals surface area contributed by atoms with Crippen LogP contribution in [-0.2, 0) is 10.0 Å². The zero-order chi connectivity index (χ0) is 15.2. The number of aliphatic hydroxyl groups is 3. The second-order valence-electron chi connectivity index (χ2n) is 4.41. The van der Waals surface area contributed by atoms with E-state index in [9.17, 15) is 23.7 Å². The highest BCUT2D eigenvalue weighted by atomic mass is 32.2. The lowest BCUT2D eigenvalue weighted by atomic mass is 10.0. The Kier molecular flexibility index (Phi) is 5.90. The van der Waals surface area contributed by atoms with E-state index in [0.29, 0.717) is 12.2 Å². The van der Waals surface area contributed by atoms with Crippen molar-refractivity contribution in [2.75, 3.05) is 31.7 Å². The van der Waals surface area contributed by atoms with Crippen LogP contribution in [0.4, 0.5) is 5.69 Å². The van der Waals surface area contributed by atoms with Crippen LogP contribution in [-0.4, -0.2) is 55.6 Å². The molecule has 0 amide bonds. The first kappa shape index (κ1) is 16.9. The van der Waals surface area contributed by atoms with Gasteiger partial charge in [0.15, 0.2) is 0 Å². The Morgan fingerprint density at radius 2 is 1.55 bits per heavy atom. The molecule has 0 saturated heterocycles. The summed E-state index contributed by atoms with van der Waals surface area (Å²) in [7, 11) is -3.51. The molecule has 0 saturated carbocycles. The molecule has 5 N–H and O–H groups in total. The summed E-state index contributed by atoms with van der Waals surface area (Å²) in [5.41, 5.74) is -0.764. The van der Waals surface area contributed by atoms with Crippen LogP contribution in [0, 0.1) is 0 Å². The average molecular weight is 304 g/mol. The van der Waals surface area contributed by atoms with Gasteiger partial charge in [-0.3, -0.25) is 0 Å². The molecule has 1 rings (SSSR count). The van der Waals surface area contributed by atoms with Gasteiger partial charge in [0.1, 0.15) is 5.54 Å². The highest BCUT2D eigenvalue weighted by molar-refractivity contribution is 7.89. The van der Waals surface area contributed by atoms with Gasteiger partial charge in [0.05, 0.1) is 24.7 Å². The Labute approximate surface area is 118 Å². The Morgan fingerprint density at radius 1 is 1.05 bits per heavy atom. The molecule has 0 aliphatic heterocycles. The van der Waals surface area contributed by atoms with Crippen molar-refractivity contribution in [1.82, 2.24) is 4.72 Å². The van der Waals surface area contributed by atoms with E-state index in [4.69, 9.17) is 0 Å². The topological polar surface area (TPSA) is 119 Å². The van der Waals surface area contributed by atoms with Crippen molar-refractivity contribution in [3.8, 4) is 0 Å². The lowest BCUT2D eigenvalue weighted by Crippen LogP contribution is -2.49. The van der Waals surface area contributed by atoms with Crippen molar-refractivity contribution < 1.29 is 23.7 Å². The van der Waals surface area contributed by atoms with Crippen LogP contribution in [0.3, 0.4) is 0 Å². The first-order valence-electron chi connectivity index (χ1n) is 6.13. The molecule has 0 aromatic heterocycles. The fraction of sp³-hybridized carbons (Fsp3) is 0.500. The minimum atomic E-state index is -3.51. The van der Waals surface area contributed by atoms with Crippen molar-refractivity contribution in [2.45, 2.75) is 17.4 Å². The third-order valence-electron chi connectivity index (χ3n) is 2.82. The zero-order valence-corrected chi connectivity index (χ0v) is 12.0. The van der Waals surface area contributed by atoms with E-state index in [-0.39, 0.29) is 4.90 Å². The van der Waals surface area contributed by atoms with Crippen molar-refractivity contribution in [3.63, 3.8) is 0 Å². The normalized spacial score (nSPS) is 12.4. The summed E-state index contributed by atoms with van der Waals surface area (Å²) in [4.78, 5) is 0.118. The molecule has 0 radical (unpaired) electrons. The van der Waals surface area contributed by atoms with E-state index in [2.05, 4.69) is 10.0 Å². The van der Waals surface area contributed by atoms with Gasteiger partial charge in [0.2, 0.25) is 10.0 Å². The van der Waals surface area contributed by atoms with Gasteiger partial charge >= 0.3 is 0 Å². The first-order valence-corrected chi connectivity index (χ1v) is 7.62. The zero-order valence-electron chi connectivity index (χ0n) is 11.2. The van der Waals surface area contributed by atoms with Gasteiger partial charge in [-0.2, -0.15) is 0 Å². The van der Waals surface area contributed by atoms with Gasteiger partial charge in [-0.1, -0.05) is 6.92 Å². The maximum atomic E-state index is 11.7. The predicted molar refractivity (Wildman–Crippen MR) is 74.9 cm³/mol. The van der Waals surface area contributed by atoms with E-state index in [1.165, 1.54) is 24.3 Å². The molecular weight excluding hydrogens is 284 g/mol. The van der Waals surface area contributed by atoms with Crippen LogP contribution in [0.1, 0.15) is 6.92 Å². The fourth-order valence-electron chi connectivity index (χ4n) is 1.57. The highest BCUT2D eigenvalue weighted by Crippen LogP contribution is 2.18. The molecule has 0 fully saturated rings. The number of aliphatic hydroxyl groups excluding tert-OH is 3. The lowest BCUT2D eigenvalue weighted by molar-refractivity contribution is 0.0833. The molecular formula is C12H20N2O5S. The third-order valence-corrected chi connectivity index (χ3v) is 4.38. The molecule has 0 aliphatic carbocycles. The fourth-order valence-corrected chi connectivity index (χ4v) is 2.61. The molecule has 0 spiro atoms. The second-order valence-corrected chi connectivity index (χ2v) is 6.17. The summed E-state index contributed by atoms with van der Waals surface area (Å²) in [6.07, 6.45) is 0. The molecule has 1 aromatic rings. The minimum absolute atomic E-state index is 0.118. The number of rotatable bonds is 8. The van der Waals surface area contributed by atoms with Crippen molar-refractivity contribution in [1.29, 1.82) is 0 Å². The Morgan fingerprint density at radius 3 is 1.95 bits per heavy atom. The Balaban J connectivity index is 2.92. The maximum absolute atomic E-state index is 11.7. The van der Waals surface area contributed by atoms with Crippen LogP contribution in [0.2, 0.25) is 0 Å². The first-order chi connectivity index (χ1) is 9.43. The summed E-state index contributed by atoms with van der Waals surface area (Å²) < 4.78 is 25.9. The standard InChI is InChI=1S/C12H20N2O5S/c1-2-13-20(18,19)11-5-3-10(4-6-11)14-12(7-15,8-16)9-17/h3-6,13-17H,2,7-9H2,1H3. The molecule has 0 unspecified atom stereocenters. The number of anilines is 1. The van der Waals surface area contributed by atoms with Crippen LogP contribution >= 0.6 is 0 Å². The molecule has 0 atom stereocenters. The van der Waals surface area contributed by atoms with E-state index in [0.717, 1.165) is 0 Å². The van der Waals surface area contributed by atoms with Gasteiger partial charge in [-0.15, -0.1) is 0 Å². The number of hydrogen-bond donors (Lipinski definition) is 5. The number of hydrogen-bond acceptors (Lipinski definition) is 6. The number of nitrogens with one attached hydrogen (secondary N) is 2. The largest absolute Gasteiger partial charge is 0.394 e. The van der Waals surface area contributed by atoms with E-state index >= 15 is 0 Å². The second kappa shape index (κ2) is 7.00. The maximum Gasteiger partial charge on any atom is 0.240 e.